The van der Waals surface area contributed by atoms with Crippen LogP contribution >= 0.6 is 0 Å². The van der Waals surface area contributed by atoms with Gasteiger partial charge in [-0.05, 0) is 18.4 Å². The van der Waals surface area contributed by atoms with E-state index in [0.29, 0.717) is 22.4 Å². The second-order valence-corrected chi connectivity index (χ2v) is 4.84. The quantitative estimate of drug-likeness (QED) is 0.512. The molecule has 0 radical (unpaired) electrons. The summed E-state index contributed by atoms with van der Waals surface area (Å²) in [4.78, 5) is 25.7. The number of nitrogens with zero attached hydrogens (tertiary/aromatic N) is 1. The lowest BCUT2D eigenvalue weighted by Gasteiger charge is -1.98. The number of ketones is 1. The van der Waals surface area contributed by atoms with Crippen LogP contribution in [0.4, 0.5) is 5.69 Å². The van der Waals surface area contributed by atoms with E-state index >= 15 is 0 Å². The predicted molar refractivity (Wildman–Crippen MR) is 66.6 cm³/mol. The van der Waals surface area contributed by atoms with Crippen molar-refractivity contribution in [3.05, 3.63) is 40.1 Å². The molecule has 1 aromatic heterocycles. The molecule has 1 aromatic carbocycles. The van der Waals surface area contributed by atoms with Gasteiger partial charge in [0.05, 0.1) is 21.4 Å². The van der Waals surface area contributed by atoms with E-state index < -0.39 is 4.92 Å². The van der Waals surface area contributed by atoms with Gasteiger partial charge in [-0.1, -0.05) is 13.0 Å². The van der Waals surface area contributed by atoms with Gasteiger partial charge in [0.25, 0.3) is 5.69 Å². The largest absolute Gasteiger partial charge is 0.360 e. The number of hydrogen-bond donors (Lipinski definition) is 1. The third-order valence-electron chi connectivity index (χ3n) is 3.59. The van der Waals surface area contributed by atoms with Crippen molar-refractivity contribution in [1.29, 1.82) is 0 Å². The van der Waals surface area contributed by atoms with Crippen molar-refractivity contribution in [2.75, 3.05) is 0 Å². The first kappa shape index (κ1) is 11.0. The Balaban J connectivity index is 2.18. The molecule has 0 saturated heterocycles. The van der Waals surface area contributed by atoms with E-state index in [1.54, 1.807) is 18.3 Å². The molecule has 5 heteroatoms. The highest BCUT2D eigenvalue weighted by atomic mass is 16.6. The molecule has 92 valence electrons. The van der Waals surface area contributed by atoms with Gasteiger partial charge in [-0.2, -0.15) is 0 Å². The molecule has 3 rings (SSSR count). The summed E-state index contributed by atoms with van der Waals surface area (Å²) in [6.07, 6.45) is 2.47. The summed E-state index contributed by atoms with van der Waals surface area (Å²) in [5.41, 5.74) is 1.08. The van der Waals surface area contributed by atoms with Crippen molar-refractivity contribution < 1.29 is 9.72 Å². The van der Waals surface area contributed by atoms with Crippen molar-refractivity contribution in [1.82, 2.24) is 4.98 Å². The topological polar surface area (TPSA) is 76.0 Å². The molecule has 0 bridgehead atoms. The van der Waals surface area contributed by atoms with Crippen LogP contribution in [-0.2, 0) is 0 Å². The number of aromatic nitrogens is 1. The fourth-order valence-corrected chi connectivity index (χ4v) is 2.40. The Labute approximate surface area is 103 Å². The van der Waals surface area contributed by atoms with Gasteiger partial charge < -0.3 is 4.98 Å². The number of aromatic amines is 1. The normalized spacial score (nSPS) is 22.1. The number of nitro groups is 1. The van der Waals surface area contributed by atoms with Crippen molar-refractivity contribution in [2.24, 2.45) is 11.8 Å². The van der Waals surface area contributed by atoms with E-state index in [9.17, 15) is 14.9 Å². The number of nitro benzene ring substituents is 1. The summed E-state index contributed by atoms with van der Waals surface area (Å²) in [5.74, 6) is 0.442. The first-order chi connectivity index (χ1) is 8.59. The molecule has 2 aromatic rings. The zero-order valence-corrected chi connectivity index (χ0v) is 9.84. The van der Waals surface area contributed by atoms with Crippen molar-refractivity contribution in [3.63, 3.8) is 0 Å². The highest BCUT2D eigenvalue weighted by molar-refractivity contribution is 6.12. The van der Waals surface area contributed by atoms with Gasteiger partial charge >= 0.3 is 0 Å². The number of rotatable bonds is 3. The number of Topliss-reactive ketones (excluding diaryl/α,β-unsaturated/α-hetero) is 1. The van der Waals surface area contributed by atoms with E-state index in [1.807, 2.05) is 6.92 Å². The number of benzene rings is 1. The number of non-ortho nitro benzene ring substituents is 1. The lowest BCUT2D eigenvalue weighted by atomic mass is 10.0. The number of hydrogen-bond acceptors (Lipinski definition) is 3. The van der Waals surface area contributed by atoms with Crippen LogP contribution in [0.3, 0.4) is 0 Å². The van der Waals surface area contributed by atoms with E-state index in [1.165, 1.54) is 6.07 Å². The number of fused-ring (bicyclic) bond motifs is 1. The predicted octanol–water partition coefficient (Wildman–Crippen LogP) is 2.91. The molecule has 1 aliphatic carbocycles. The van der Waals surface area contributed by atoms with Crippen molar-refractivity contribution in [2.45, 2.75) is 13.3 Å². The Morgan fingerprint density at radius 1 is 1.50 bits per heavy atom. The van der Waals surface area contributed by atoms with E-state index in [-0.39, 0.29) is 17.4 Å². The Kier molecular flexibility index (Phi) is 2.23. The minimum Gasteiger partial charge on any atom is -0.360 e. The summed E-state index contributed by atoms with van der Waals surface area (Å²) in [6, 6.07) is 4.80. The maximum atomic E-state index is 12.2. The third kappa shape index (κ3) is 1.51. The fourth-order valence-electron chi connectivity index (χ4n) is 2.40. The van der Waals surface area contributed by atoms with E-state index in [2.05, 4.69) is 4.98 Å². The smallest absolute Gasteiger partial charge is 0.279 e. The molecule has 2 atom stereocenters. The number of H-pyrrole nitrogens is 1. The Morgan fingerprint density at radius 2 is 2.22 bits per heavy atom. The minimum atomic E-state index is -0.441. The Morgan fingerprint density at radius 3 is 2.83 bits per heavy atom. The van der Waals surface area contributed by atoms with Crippen LogP contribution in [0.25, 0.3) is 10.9 Å². The molecule has 0 amide bonds. The molecular weight excluding hydrogens is 232 g/mol. The molecule has 1 N–H and O–H groups in total. The lowest BCUT2D eigenvalue weighted by molar-refractivity contribution is -0.383. The Bertz CT molecular complexity index is 659. The summed E-state index contributed by atoms with van der Waals surface area (Å²) < 4.78 is 0. The molecule has 1 aliphatic rings. The van der Waals surface area contributed by atoms with Crippen molar-refractivity contribution in [3.8, 4) is 0 Å². The first-order valence-electron chi connectivity index (χ1n) is 5.88. The van der Waals surface area contributed by atoms with Gasteiger partial charge in [-0.25, -0.2) is 0 Å². The van der Waals surface area contributed by atoms with Crippen LogP contribution in [0, 0.1) is 22.0 Å². The molecule has 1 saturated carbocycles. The van der Waals surface area contributed by atoms with Gasteiger partial charge in [-0.3, -0.25) is 14.9 Å². The second-order valence-electron chi connectivity index (χ2n) is 4.84. The van der Waals surface area contributed by atoms with Crippen LogP contribution < -0.4 is 0 Å². The zero-order chi connectivity index (χ0) is 12.9. The monoisotopic (exact) mass is 244 g/mol. The molecule has 1 fully saturated rings. The van der Waals surface area contributed by atoms with Crippen LogP contribution in [0.2, 0.25) is 0 Å². The van der Waals surface area contributed by atoms with E-state index in [0.717, 1.165) is 6.42 Å². The van der Waals surface area contributed by atoms with Gasteiger partial charge in [0.2, 0.25) is 0 Å². The van der Waals surface area contributed by atoms with E-state index in [4.69, 9.17) is 0 Å². The molecule has 0 aliphatic heterocycles. The third-order valence-corrected chi connectivity index (χ3v) is 3.59. The fraction of sp³-hybridized carbons (Fsp3) is 0.308. The molecule has 1 heterocycles. The summed E-state index contributed by atoms with van der Waals surface area (Å²) >= 11 is 0. The highest BCUT2D eigenvalue weighted by Crippen LogP contribution is 2.42. The maximum Gasteiger partial charge on any atom is 0.279 e. The van der Waals surface area contributed by atoms with Crippen molar-refractivity contribution >= 4 is 22.4 Å². The summed E-state index contributed by atoms with van der Waals surface area (Å²) in [7, 11) is 0. The molecule has 5 nitrogen and oxygen atoms in total. The number of carbonyl (C=O) groups is 1. The standard InChI is InChI=1S/C13H12N2O3/c1-7-5-8(7)13(16)9-6-14-10-3-2-4-11(12(9)10)15(17)18/h2-4,6-8,14H,5H2,1H3. The number of carbonyl (C=O) groups excluding carboxylic acids is 1. The minimum absolute atomic E-state index is 0.00889. The van der Waals surface area contributed by atoms with Crippen LogP contribution in [-0.4, -0.2) is 15.7 Å². The van der Waals surface area contributed by atoms with Gasteiger partial charge in [-0.15, -0.1) is 0 Å². The van der Waals surface area contributed by atoms with Crippen LogP contribution in [0.5, 0.6) is 0 Å². The molecule has 18 heavy (non-hydrogen) atoms. The maximum absolute atomic E-state index is 12.2. The van der Waals surface area contributed by atoms with Gasteiger partial charge in [0, 0.05) is 18.2 Å². The average molecular weight is 244 g/mol. The molecule has 0 spiro atoms. The Hall–Kier alpha value is -2.17. The molecular formula is C13H12N2O3. The van der Waals surface area contributed by atoms with Crippen LogP contribution in [0.1, 0.15) is 23.7 Å². The zero-order valence-electron chi connectivity index (χ0n) is 9.84. The summed E-state index contributed by atoms with van der Waals surface area (Å²) in [6.45, 7) is 2.02. The average Bonchev–Trinajstić information content (AvgIpc) is 2.91. The lowest BCUT2D eigenvalue weighted by Crippen LogP contribution is -2.02. The van der Waals surface area contributed by atoms with Gasteiger partial charge in [0.15, 0.2) is 5.78 Å². The summed E-state index contributed by atoms with van der Waals surface area (Å²) in [5, 5.41) is 11.5. The van der Waals surface area contributed by atoms with Crippen LogP contribution in [0.15, 0.2) is 24.4 Å². The first-order valence-corrected chi connectivity index (χ1v) is 5.88. The number of nitrogens with one attached hydrogen (secondary N) is 1. The van der Waals surface area contributed by atoms with Gasteiger partial charge in [0.1, 0.15) is 0 Å². The molecule has 2 unspecified atom stereocenters. The highest BCUT2D eigenvalue weighted by Gasteiger charge is 2.40. The SMILES string of the molecule is CC1CC1C(=O)c1c[nH]c2cccc([N+](=O)[O-])c12. The second kappa shape index (κ2) is 3.66.